The number of amides is 3. The van der Waals surface area contributed by atoms with Crippen molar-refractivity contribution in [2.24, 2.45) is 7.05 Å². The van der Waals surface area contributed by atoms with Crippen molar-refractivity contribution < 1.29 is 19.1 Å². The fourth-order valence-electron chi connectivity index (χ4n) is 11.6. The van der Waals surface area contributed by atoms with Crippen molar-refractivity contribution in [2.45, 2.75) is 95.4 Å². The number of imide groups is 1. The molecule has 3 fully saturated rings. The SMILES string of the molecule is COc1cc(C2CCN(Cc3cc4n(n3)CCN(C(=O)c3ccc(C5CCN([C@@H](C)c6cc7c(-n8ccc9c(c8=O)CCN9)ccnc7n6C)CC5)cc3)C4)CC2)ccc1NC1CCC(=O)NC1=O. The van der Waals surface area contributed by atoms with Gasteiger partial charge in [0.1, 0.15) is 17.4 Å². The van der Waals surface area contributed by atoms with Crippen LogP contribution in [0.4, 0.5) is 11.4 Å². The molecule has 3 saturated heterocycles. The normalized spacial score (nSPS) is 19.8. The van der Waals surface area contributed by atoms with Crippen LogP contribution in [0.2, 0.25) is 0 Å². The predicted octanol–water partition coefficient (Wildman–Crippen LogP) is 6.09. The van der Waals surface area contributed by atoms with Gasteiger partial charge in [-0.05, 0) is 143 Å². The molecule has 0 saturated carbocycles. The van der Waals surface area contributed by atoms with Gasteiger partial charge in [0.05, 0.1) is 43.0 Å². The van der Waals surface area contributed by atoms with Gasteiger partial charge in [0.15, 0.2) is 0 Å². The van der Waals surface area contributed by atoms with Crippen LogP contribution in [-0.4, -0.2) is 109 Å². The Balaban J connectivity index is 0.663. The average Bonchev–Trinajstić information content (AvgIpc) is 4.12. The Morgan fingerprint density at radius 1 is 0.870 bits per heavy atom. The van der Waals surface area contributed by atoms with E-state index in [1.807, 2.05) is 41.4 Å². The van der Waals surface area contributed by atoms with Gasteiger partial charge < -0.3 is 24.8 Å². The van der Waals surface area contributed by atoms with Gasteiger partial charge in [-0.1, -0.05) is 18.2 Å². The molecular weight excluding hydrogens is 871 g/mol. The van der Waals surface area contributed by atoms with Gasteiger partial charge >= 0.3 is 0 Å². The van der Waals surface area contributed by atoms with Crippen molar-refractivity contribution in [3.63, 3.8) is 0 Å². The van der Waals surface area contributed by atoms with Gasteiger partial charge in [-0.2, -0.15) is 5.10 Å². The highest BCUT2D eigenvalue weighted by atomic mass is 16.5. The number of aromatic nitrogens is 5. The van der Waals surface area contributed by atoms with Crippen molar-refractivity contribution >= 4 is 40.1 Å². The molecule has 3 N–H and O–H groups in total. The number of piperidine rings is 3. The van der Waals surface area contributed by atoms with Gasteiger partial charge in [0.2, 0.25) is 11.8 Å². The first kappa shape index (κ1) is 44.7. The summed E-state index contributed by atoms with van der Waals surface area (Å²) < 4.78 is 11.7. The fraction of sp³-hybridized carbons (Fsp3) is 0.434. The van der Waals surface area contributed by atoms with Crippen LogP contribution in [-0.2, 0) is 42.7 Å². The number of pyridine rings is 2. The minimum atomic E-state index is -0.467. The fourth-order valence-corrected chi connectivity index (χ4v) is 11.6. The van der Waals surface area contributed by atoms with E-state index in [2.05, 4.69) is 85.4 Å². The van der Waals surface area contributed by atoms with E-state index in [1.54, 1.807) is 17.9 Å². The molecule has 5 aliphatic heterocycles. The van der Waals surface area contributed by atoms with Crippen LogP contribution in [0, 0.1) is 0 Å². The highest BCUT2D eigenvalue weighted by Gasteiger charge is 2.31. The molecule has 16 nitrogen and oxygen atoms in total. The van der Waals surface area contributed by atoms with Crippen LogP contribution in [0.3, 0.4) is 0 Å². The summed E-state index contributed by atoms with van der Waals surface area (Å²) in [6.07, 6.45) is 9.30. The first-order chi connectivity index (χ1) is 33.6. The van der Waals surface area contributed by atoms with E-state index in [0.29, 0.717) is 50.1 Å². The molecular formula is C53H61N11O5. The zero-order valence-electron chi connectivity index (χ0n) is 39.7. The standard InChI is InChI=1S/C53H61N11O5/c1-33(47-30-42-46(13-20-55-50(42)59(47)2)63-25-18-43-41(53(63)68)12-19-54-43)61-23-16-35(17-24-61)34-4-6-37(7-5-34)52(67)62-26-27-64-40(32-62)29-39(58-64)31-60-21-14-36(15-22-60)38-8-9-44(48(28-38)69-3)56-45-10-11-49(65)57-51(45)66/h4-9,13,18,20,25,28-30,33,35-36,45,54,56H,10-12,14-17,19,21-24,26-27,31-32H2,1-3H3,(H,57,65,66)/t33-,45?/m0/s1. The van der Waals surface area contributed by atoms with E-state index in [-0.39, 0.29) is 29.3 Å². The van der Waals surface area contributed by atoms with Crippen molar-refractivity contribution in [2.75, 3.05) is 57.0 Å². The van der Waals surface area contributed by atoms with Gasteiger partial charge in [-0.25, -0.2) is 4.98 Å². The number of ether oxygens (including phenoxy) is 1. The number of aryl methyl sites for hydroxylation is 1. The number of nitrogens with one attached hydrogen (secondary N) is 3. The quantitative estimate of drug-likeness (QED) is 0.129. The topological polar surface area (TPSA) is 164 Å². The maximum Gasteiger partial charge on any atom is 0.260 e. The summed E-state index contributed by atoms with van der Waals surface area (Å²) in [5, 5.41) is 14.9. The van der Waals surface area contributed by atoms with E-state index in [4.69, 9.17) is 14.8 Å². The summed E-state index contributed by atoms with van der Waals surface area (Å²) in [6, 6.07) is 22.6. The number of hydrogen-bond acceptors (Lipinski definition) is 11. The Kier molecular flexibility index (Phi) is 12.1. The third kappa shape index (κ3) is 8.69. The number of likely N-dealkylation sites (tertiary alicyclic amines) is 2. The third-order valence-corrected chi connectivity index (χ3v) is 15.6. The third-order valence-electron chi connectivity index (χ3n) is 15.6. The molecule has 9 heterocycles. The van der Waals surface area contributed by atoms with E-state index < -0.39 is 6.04 Å². The molecule has 6 aromatic rings. The largest absolute Gasteiger partial charge is 0.495 e. The lowest BCUT2D eigenvalue weighted by molar-refractivity contribution is -0.133. The molecule has 3 amide bonds. The molecule has 0 bridgehead atoms. The molecule has 2 atom stereocenters. The number of carbonyl (C=O) groups excluding carboxylic acids is 3. The Bertz CT molecular complexity index is 2990. The summed E-state index contributed by atoms with van der Waals surface area (Å²) in [4.78, 5) is 63.0. The first-order valence-corrected chi connectivity index (χ1v) is 24.7. The summed E-state index contributed by atoms with van der Waals surface area (Å²) in [6.45, 7) is 9.52. The Labute approximate surface area is 401 Å². The molecule has 4 aromatic heterocycles. The lowest BCUT2D eigenvalue weighted by Gasteiger charge is -2.36. The number of carbonyl (C=O) groups is 3. The molecule has 2 aromatic carbocycles. The number of methoxy groups -OCH3 is 1. The van der Waals surface area contributed by atoms with Crippen molar-refractivity contribution in [1.29, 1.82) is 0 Å². The van der Waals surface area contributed by atoms with Crippen LogP contribution in [0.25, 0.3) is 16.7 Å². The summed E-state index contributed by atoms with van der Waals surface area (Å²) in [7, 11) is 3.72. The van der Waals surface area contributed by atoms with E-state index >= 15 is 0 Å². The number of fused-ring (bicyclic) bond motifs is 3. The maximum absolute atomic E-state index is 13.9. The highest BCUT2D eigenvalue weighted by molar-refractivity contribution is 6.01. The van der Waals surface area contributed by atoms with Crippen LogP contribution in [0.1, 0.15) is 107 Å². The van der Waals surface area contributed by atoms with E-state index in [9.17, 15) is 19.2 Å². The molecule has 0 spiro atoms. The summed E-state index contributed by atoms with van der Waals surface area (Å²) in [5.41, 5.74) is 10.8. The summed E-state index contributed by atoms with van der Waals surface area (Å²) >= 11 is 0. The second-order valence-corrected chi connectivity index (χ2v) is 19.6. The number of anilines is 2. The Morgan fingerprint density at radius 3 is 2.42 bits per heavy atom. The highest BCUT2D eigenvalue weighted by Crippen LogP contribution is 2.37. The molecule has 1 unspecified atom stereocenters. The number of hydrogen-bond donors (Lipinski definition) is 3. The Morgan fingerprint density at radius 2 is 1.64 bits per heavy atom. The number of rotatable bonds is 11. The number of nitrogens with zero attached hydrogens (tertiary/aromatic N) is 8. The van der Waals surface area contributed by atoms with Gasteiger partial charge in [0, 0.05) is 79.4 Å². The van der Waals surface area contributed by atoms with E-state index in [1.165, 1.54) is 16.8 Å². The van der Waals surface area contributed by atoms with Gasteiger partial charge in [-0.3, -0.25) is 43.5 Å². The molecule has 358 valence electrons. The average molecular weight is 932 g/mol. The van der Waals surface area contributed by atoms with Crippen molar-refractivity contribution in [3.8, 4) is 11.4 Å². The second-order valence-electron chi connectivity index (χ2n) is 19.6. The lowest BCUT2D eigenvalue weighted by Crippen LogP contribution is -2.47. The molecule has 16 heteroatoms. The summed E-state index contributed by atoms with van der Waals surface area (Å²) in [5.74, 6) is 1.05. The van der Waals surface area contributed by atoms with Crippen LogP contribution < -0.4 is 26.2 Å². The molecule has 0 aliphatic carbocycles. The molecule has 11 rings (SSSR count). The predicted molar refractivity (Wildman–Crippen MR) is 264 cm³/mol. The number of benzene rings is 2. The van der Waals surface area contributed by atoms with Crippen molar-refractivity contribution in [1.82, 2.24) is 43.9 Å². The smallest absolute Gasteiger partial charge is 0.260 e. The minimum Gasteiger partial charge on any atom is -0.495 e. The van der Waals surface area contributed by atoms with Crippen molar-refractivity contribution in [3.05, 3.63) is 129 Å². The zero-order chi connectivity index (χ0) is 47.3. The first-order valence-electron chi connectivity index (χ1n) is 24.7. The molecule has 5 aliphatic rings. The van der Waals surface area contributed by atoms with E-state index in [0.717, 1.165) is 122 Å². The minimum absolute atomic E-state index is 0.0328. The Hall–Kier alpha value is -6.78. The van der Waals surface area contributed by atoms with Crippen LogP contribution >= 0.6 is 0 Å². The van der Waals surface area contributed by atoms with Crippen LogP contribution in [0.15, 0.2) is 83.9 Å². The molecule has 0 radical (unpaired) electrons. The van der Waals surface area contributed by atoms with Gasteiger partial charge in [0.25, 0.3) is 11.5 Å². The lowest BCUT2D eigenvalue weighted by atomic mass is 9.88. The maximum atomic E-state index is 13.9. The molecule has 69 heavy (non-hydrogen) atoms. The van der Waals surface area contributed by atoms with Crippen LogP contribution in [0.5, 0.6) is 5.75 Å². The zero-order valence-corrected chi connectivity index (χ0v) is 39.7. The van der Waals surface area contributed by atoms with Gasteiger partial charge in [-0.15, -0.1) is 0 Å². The monoisotopic (exact) mass is 931 g/mol. The second kappa shape index (κ2) is 18.6.